The zero-order valence-corrected chi connectivity index (χ0v) is 23.4. The van der Waals surface area contributed by atoms with Crippen LogP contribution in [0.3, 0.4) is 0 Å². The van der Waals surface area contributed by atoms with Crippen LogP contribution in [0.15, 0.2) is 11.6 Å². The van der Waals surface area contributed by atoms with Crippen molar-refractivity contribution >= 4 is 5.97 Å². The highest BCUT2D eigenvalue weighted by molar-refractivity contribution is 5.78. The Morgan fingerprint density at radius 1 is 0.971 bits per heavy atom. The minimum absolute atomic E-state index is 0.0175. The fourth-order valence-electron chi connectivity index (χ4n) is 10.8. The van der Waals surface area contributed by atoms with Gasteiger partial charge >= 0.3 is 5.97 Å². The SMILES string of the molecule is COC(=O)[C@]12CCC(C)(C)C[C@H]1C1=CC[C@@H]3[C@@]4(C)CC[C@@H](O)[C@](C)(CO)[C@@H]4CC[C@@]3(C)[C@]1(C)CC2. The van der Waals surface area contributed by atoms with Gasteiger partial charge in [0.25, 0.3) is 0 Å². The highest BCUT2D eigenvalue weighted by atomic mass is 16.5. The van der Waals surface area contributed by atoms with Gasteiger partial charge in [-0.15, -0.1) is 0 Å². The van der Waals surface area contributed by atoms with E-state index in [0.29, 0.717) is 11.8 Å². The van der Waals surface area contributed by atoms with Gasteiger partial charge in [-0.25, -0.2) is 0 Å². The molecular formula is C31H50O4. The Kier molecular flexibility index (Phi) is 5.76. The number of carbonyl (C=O) groups is 1. The van der Waals surface area contributed by atoms with Gasteiger partial charge in [-0.1, -0.05) is 53.2 Å². The molecule has 0 aromatic carbocycles. The molecule has 0 aromatic rings. The molecule has 0 aliphatic heterocycles. The number of methoxy groups -OCH3 is 1. The summed E-state index contributed by atoms with van der Waals surface area (Å²) in [6.45, 7) is 14.5. The summed E-state index contributed by atoms with van der Waals surface area (Å²) in [5.41, 5.74) is 1.37. The molecule has 4 heteroatoms. The molecular weight excluding hydrogens is 436 g/mol. The molecule has 5 aliphatic carbocycles. The second kappa shape index (κ2) is 7.82. The van der Waals surface area contributed by atoms with Crippen molar-refractivity contribution in [3.05, 3.63) is 11.6 Å². The molecule has 4 fully saturated rings. The van der Waals surface area contributed by atoms with Crippen LogP contribution in [0.5, 0.6) is 0 Å². The monoisotopic (exact) mass is 486 g/mol. The van der Waals surface area contributed by atoms with Crippen LogP contribution in [-0.4, -0.2) is 36.0 Å². The van der Waals surface area contributed by atoms with Gasteiger partial charge < -0.3 is 14.9 Å². The molecule has 0 saturated heterocycles. The van der Waals surface area contributed by atoms with E-state index in [2.05, 4.69) is 47.6 Å². The number of hydrogen-bond donors (Lipinski definition) is 2. The van der Waals surface area contributed by atoms with Gasteiger partial charge in [0.1, 0.15) is 0 Å². The fourth-order valence-corrected chi connectivity index (χ4v) is 10.8. The predicted octanol–water partition coefficient (Wildman–Crippen LogP) is 6.29. The molecule has 4 saturated carbocycles. The first-order chi connectivity index (χ1) is 16.2. The Labute approximate surface area is 213 Å². The van der Waals surface area contributed by atoms with E-state index in [1.807, 2.05) is 0 Å². The van der Waals surface area contributed by atoms with Crippen molar-refractivity contribution in [1.82, 2.24) is 0 Å². The number of aliphatic hydroxyl groups excluding tert-OH is 2. The number of fused-ring (bicyclic) bond motifs is 7. The number of esters is 1. The number of carbonyl (C=O) groups excluding carboxylic acids is 1. The lowest BCUT2D eigenvalue weighted by Crippen LogP contribution is -2.66. The summed E-state index contributed by atoms with van der Waals surface area (Å²) >= 11 is 0. The normalized spacial score (nSPS) is 52.8. The molecule has 0 spiro atoms. The second-order valence-electron chi connectivity index (χ2n) is 15.1. The Morgan fingerprint density at radius 3 is 2.31 bits per heavy atom. The topological polar surface area (TPSA) is 66.8 Å². The van der Waals surface area contributed by atoms with Crippen LogP contribution in [0.1, 0.15) is 106 Å². The second-order valence-corrected chi connectivity index (χ2v) is 15.1. The molecule has 4 nitrogen and oxygen atoms in total. The summed E-state index contributed by atoms with van der Waals surface area (Å²) in [5, 5.41) is 21.4. The third kappa shape index (κ3) is 3.14. The molecule has 5 rings (SSSR count). The van der Waals surface area contributed by atoms with Gasteiger partial charge in [0.15, 0.2) is 0 Å². The summed E-state index contributed by atoms with van der Waals surface area (Å²) in [5.74, 6) is 1.16. The summed E-state index contributed by atoms with van der Waals surface area (Å²) in [6.07, 6.45) is 12.3. The molecule has 35 heavy (non-hydrogen) atoms. The lowest BCUT2D eigenvalue weighted by Gasteiger charge is -2.71. The molecule has 0 heterocycles. The number of allylic oxidation sites excluding steroid dienone is 2. The molecule has 5 aliphatic rings. The van der Waals surface area contributed by atoms with Gasteiger partial charge in [0, 0.05) is 5.41 Å². The molecule has 9 atom stereocenters. The third-order valence-corrected chi connectivity index (χ3v) is 13.3. The molecule has 0 aromatic heterocycles. The number of ether oxygens (including phenoxy) is 1. The van der Waals surface area contributed by atoms with Gasteiger partial charge in [-0.2, -0.15) is 0 Å². The van der Waals surface area contributed by atoms with Crippen LogP contribution < -0.4 is 0 Å². The highest BCUT2D eigenvalue weighted by Gasteiger charge is 2.69. The third-order valence-electron chi connectivity index (χ3n) is 13.3. The maximum atomic E-state index is 13.4. The maximum Gasteiger partial charge on any atom is 0.312 e. The zero-order valence-electron chi connectivity index (χ0n) is 23.4. The highest BCUT2D eigenvalue weighted by Crippen LogP contribution is 2.75. The van der Waals surface area contributed by atoms with Crippen LogP contribution in [0.25, 0.3) is 0 Å². The average Bonchev–Trinajstić information content (AvgIpc) is 2.81. The van der Waals surface area contributed by atoms with Gasteiger partial charge in [0.05, 0.1) is 25.2 Å². The molecule has 0 radical (unpaired) electrons. The first-order valence-electron chi connectivity index (χ1n) is 14.3. The van der Waals surface area contributed by atoms with E-state index in [-0.39, 0.29) is 45.6 Å². The first-order valence-corrected chi connectivity index (χ1v) is 14.3. The van der Waals surface area contributed by atoms with Crippen LogP contribution in [0, 0.1) is 50.2 Å². The van der Waals surface area contributed by atoms with E-state index in [0.717, 1.165) is 64.2 Å². The van der Waals surface area contributed by atoms with Crippen molar-refractivity contribution in [1.29, 1.82) is 0 Å². The van der Waals surface area contributed by atoms with Crippen LogP contribution in [0.4, 0.5) is 0 Å². The van der Waals surface area contributed by atoms with E-state index in [1.165, 1.54) is 0 Å². The summed E-state index contributed by atoms with van der Waals surface area (Å²) in [6, 6.07) is 0. The molecule has 198 valence electrons. The van der Waals surface area contributed by atoms with E-state index in [9.17, 15) is 15.0 Å². The predicted molar refractivity (Wildman–Crippen MR) is 138 cm³/mol. The summed E-state index contributed by atoms with van der Waals surface area (Å²) < 4.78 is 5.48. The number of hydrogen-bond acceptors (Lipinski definition) is 4. The van der Waals surface area contributed by atoms with Crippen molar-refractivity contribution in [2.45, 2.75) is 112 Å². The lowest BCUT2D eigenvalue weighted by molar-refractivity contribution is -0.216. The zero-order chi connectivity index (χ0) is 25.7. The van der Waals surface area contributed by atoms with Crippen molar-refractivity contribution in [2.75, 3.05) is 13.7 Å². The van der Waals surface area contributed by atoms with Crippen molar-refractivity contribution in [3.63, 3.8) is 0 Å². The number of aliphatic hydroxyl groups is 2. The Balaban J connectivity index is 1.59. The number of rotatable bonds is 2. The quantitative estimate of drug-likeness (QED) is 0.355. The summed E-state index contributed by atoms with van der Waals surface area (Å²) in [7, 11) is 1.58. The Morgan fingerprint density at radius 2 is 1.66 bits per heavy atom. The van der Waals surface area contributed by atoms with E-state index in [1.54, 1.807) is 12.7 Å². The lowest BCUT2D eigenvalue weighted by atomic mass is 9.33. The van der Waals surface area contributed by atoms with Crippen molar-refractivity contribution in [3.8, 4) is 0 Å². The molecule has 2 N–H and O–H groups in total. The van der Waals surface area contributed by atoms with Crippen LogP contribution >= 0.6 is 0 Å². The van der Waals surface area contributed by atoms with Gasteiger partial charge in [0.2, 0.25) is 0 Å². The molecule has 0 unspecified atom stereocenters. The molecule has 0 bridgehead atoms. The molecule has 0 amide bonds. The van der Waals surface area contributed by atoms with Gasteiger partial charge in [-0.3, -0.25) is 4.79 Å². The van der Waals surface area contributed by atoms with Crippen molar-refractivity contribution in [2.24, 2.45) is 50.2 Å². The average molecular weight is 487 g/mol. The van der Waals surface area contributed by atoms with Gasteiger partial charge in [-0.05, 0) is 104 Å². The van der Waals surface area contributed by atoms with E-state index >= 15 is 0 Å². The minimum Gasteiger partial charge on any atom is -0.469 e. The van der Waals surface area contributed by atoms with Crippen LogP contribution in [0.2, 0.25) is 0 Å². The maximum absolute atomic E-state index is 13.4. The smallest absolute Gasteiger partial charge is 0.312 e. The Bertz CT molecular complexity index is 923. The summed E-state index contributed by atoms with van der Waals surface area (Å²) in [4.78, 5) is 13.4. The minimum atomic E-state index is -0.417. The first kappa shape index (κ1) is 25.8. The van der Waals surface area contributed by atoms with E-state index < -0.39 is 11.5 Å². The Hall–Kier alpha value is -0.870. The standard InChI is InChI=1S/C31H50O4/c1-26(2)14-16-31(25(34)35-7)17-15-29(5)20(21(31)18-26)8-9-23-27(3)12-11-24(33)28(4,19-32)22(27)10-13-30(23,29)6/h8,21-24,32-33H,9-19H2,1-7H3/t21-,22+,23+,24+,27-,28+,29+,30+,31-/m0/s1. The largest absolute Gasteiger partial charge is 0.469 e. The van der Waals surface area contributed by atoms with E-state index in [4.69, 9.17) is 4.74 Å². The van der Waals surface area contributed by atoms with Crippen LogP contribution in [-0.2, 0) is 9.53 Å². The van der Waals surface area contributed by atoms with Crippen molar-refractivity contribution < 1.29 is 19.7 Å². The fraction of sp³-hybridized carbons (Fsp3) is 0.903.